The third-order valence-corrected chi connectivity index (χ3v) is 2.68. The lowest BCUT2D eigenvalue weighted by molar-refractivity contribution is -0.000416. The molecule has 1 N–H and O–H groups in total. The Morgan fingerprint density at radius 2 is 2.14 bits per heavy atom. The second-order valence-electron chi connectivity index (χ2n) is 4.17. The topological polar surface area (TPSA) is 29.5 Å². The van der Waals surface area contributed by atoms with E-state index >= 15 is 0 Å². The molecule has 0 fully saturated rings. The Bertz CT molecular complexity index is 175. The van der Waals surface area contributed by atoms with Crippen molar-refractivity contribution in [3.8, 4) is 0 Å². The Labute approximate surface area is 88.0 Å². The van der Waals surface area contributed by atoms with Gasteiger partial charge in [-0.2, -0.15) is 0 Å². The van der Waals surface area contributed by atoms with Crippen LogP contribution in [-0.4, -0.2) is 24.4 Å². The number of hydrogen-bond donors (Lipinski definition) is 1. The summed E-state index contributed by atoms with van der Waals surface area (Å²) in [6.07, 6.45) is 6.42. The van der Waals surface area contributed by atoms with E-state index in [-0.39, 0.29) is 12.2 Å². The molecule has 14 heavy (non-hydrogen) atoms. The summed E-state index contributed by atoms with van der Waals surface area (Å²) in [6, 6.07) is 0. The summed E-state index contributed by atoms with van der Waals surface area (Å²) in [5, 5.41) is 8.87. The summed E-state index contributed by atoms with van der Waals surface area (Å²) in [4.78, 5) is 0. The molecule has 1 unspecified atom stereocenters. The van der Waals surface area contributed by atoms with Crippen molar-refractivity contribution < 1.29 is 9.84 Å². The fourth-order valence-electron chi connectivity index (χ4n) is 1.29. The normalized spacial score (nSPS) is 16.8. The van der Waals surface area contributed by atoms with Gasteiger partial charge in [-0.1, -0.05) is 31.4 Å². The van der Waals surface area contributed by atoms with E-state index in [0.29, 0.717) is 0 Å². The van der Waals surface area contributed by atoms with Crippen LogP contribution < -0.4 is 0 Å². The van der Waals surface area contributed by atoms with Crippen LogP contribution in [-0.2, 0) is 4.74 Å². The van der Waals surface area contributed by atoms with Gasteiger partial charge in [0, 0.05) is 7.11 Å². The van der Waals surface area contributed by atoms with Gasteiger partial charge in [-0.25, -0.2) is 0 Å². The van der Waals surface area contributed by atoms with Crippen molar-refractivity contribution in [1.29, 1.82) is 0 Å². The van der Waals surface area contributed by atoms with E-state index in [2.05, 4.69) is 19.9 Å². The van der Waals surface area contributed by atoms with Crippen LogP contribution in [0.2, 0.25) is 0 Å². The molecule has 0 aromatic rings. The lowest BCUT2D eigenvalue weighted by Gasteiger charge is -2.27. The van der Waals surface area contributed by atoms with E-state index in [9.17, 15) is 0 Å². The van der Waals surface area contributed by atoms with Gasteiger partial charge >= 0.3 is 0 Å². The molecule has 2 heteroatoms. The highest BCUT2D eigenvalue weighted by molar-refractivity contribution is 5.00. The molecule has 84 valence electrons. The van der Waals surface area contributed by atoms with Gasteiger partial charge in [0.25, 0.3) is 0 Å². The minimum atomic E-state index is -0.0631. The van der Waals surface area contributed by atoms with Crippen molar-refractivity contribution in [1.82, 2.24) is 0 Å². The number of methoxy groups -OCH3 is 1. The van der Waals surface area contributed by atoms with E-state index in [1.165, 1.54) is 12.8 Å². The first-order chi connectivity index (χ1) is 6.58. The Balaban J connectivity index is 4.10. The molecular formula is C12H24O2. The monoisotopic (exact) mass is 200 g/mol. The first-order valence-electron chi connectivity index (χ1n) is 5.39. The van der Waals surface area contributed by atoms with Gasteiger partial charge in [0.15, 0.2) is 0 Å². The van der Waals surface area contributed by atoms with E-state index < -0.39 is 0 Å². The van der Waals surface area contributed by atoms with Crippen LogP contribution in [0.3, 0.4) is 0 Å². The fraction of sp³-hybridized carbons (Fsp3) is 0.833. The summed E-state index contributed by atoms with van der Waals surface area (Å²) in [5.74, 6) is 0. The molecule has 0 aromatic carbocycles. The van der Waals surface area contributed by atoms with Gasteiger partial charge in [-0.15, -0.1) is 0 Å². The molecule has 0 bridgehead atoms. The molecule has 2 nitrogen and oxygen atoms in total. The molecule has 0 aliphatic carbocycles. The molecule has 0 rings (SSSR count). The van der Waals surface area contributed by atoms with Crippen molar-refractivity contribution >= 4 is 0 Å². The van der Waals surface area contributed by atoms with E-state index in [4.69, 9.17) is 9.84 Å². The van der Waals surface area contributed by atoms with Crippen molar-refractivity contribution in [2.75, 3.05) is 13.7 Å². The Hall–Kier alpha value is -0.340. The number of unbranched alkanes of at least 4 members (excludes halogenated alkanes) is 1. The third-order valence-electron chi connectivity index (χ3n) is 2.68. The standard InChI is InChI=1S/C12H24O2/c1-5-6-8-12(3,14-4)9-7-11(2)10-13/h7,13H,5-6,8-10H2,1-4H3/b11-7+. The highest BCUT2D eigenvalue weighted by Crippen LogP contribution is 2.23. The van der Waals surface area contributed by atoms with Crippen molar-refractivity contribution in [2.24, 2.45) is 0 Å². The molecule has 0 aromatic heterocycles. The molecule has 0 saturated heterocycles. The van der Waals surface area contributed by atoms with Crippen LogP contribution in [0, 0.1) is 0 Å². The molecule has 0 saturated carbocycles. The first kappa shape index (κ1) is 13.7. The van der Waals surface area contributed by atoms with Gasteiger partial charge in [-0.05, 0) is 26.7 Å². The van der Waals surface area contributed by atoms with Crippen molar-refractivity contribution in [3.63, 3.8) is 0 Å². The average molecular weight is 200 g/mol. The van der Waals surface area contributed by atoms with E-state index in [0.717, 1.165) is 18.4 Å². The number of aliphatic hydroxyl groups is 1. The summed E-state index contributed by atoms with van der Waals surface area (Å²) in [7, 11) is 1.76. The Morgan fingerprint density at radius 3 is 2.57 bits per heavy atom. The van der Waals surface area contributed by atoms with Gasteiger partial charge in [0.05, 0.1) is 12.2 Å². The highest BCUT2D eigenvalue weighted by Gasteiger charge is 2.20. The summed E-state index contributed by atoms with van der Waals surface area (Å²) in [5.41, 5.74) is 0.955. The highest BCUT2D eigenvalue weighted by atomic mass is 16.5. The van der Waals surface area contributed by atoms with Crippen LogP contribution in [0.4, 0.5) is 0 Å². The summed E-state index contributed by atoms with van der Waals surface area (Å²) < 4.78 is 5.51. The summed E-state index contributed by atoms with van der Waals surface area (Å²) in [6.45, 7) is 6.40. The number of hydrogen-bond acceptors (Lipinski definition) is 2. The molecule has 1 atom stereocenters. The molecule has 0 aliphatic heterocycles. The zero-order chi connectivity index (χ0) is 11.0. The second-order valence-corrected chi connectivity index (χ2v) is 4.17. The second kappa shape index (κ2) is 7.02. The molecular weight excluding hydrogens is 176 g/mol. The number of aliphatic hydroxyl groups excluding tert-OH is 1. The molecule has 0 amide bonds. The Kier molecular flexibility index (Phi) is 6.85. The maximum absolute atomic E-state index is 8.87. The van der Waals surface area contributed by atoms with Crippen LogP contribution >= 0.6 is 0 Å². The third kappa shape index (κ3) is 5.40. The lowest BCUT2D eigenvalue weighted by atomic mass is 9.94. The zero-order valence-electron chi connectivity index (χ0n) is 9.97. The average Bonchev–Trinajstić information content (AvgIpc) is 2.23. The van der Waals surface area contributed by atoms with Gasteiger partial charge in [-0.3, -0.25) is 0 Å². The molecule has 0 heterocycles. The minimum Gasteiger partial charge on any atom is -0.392 e. The Morgan fingerprint density at radius 1 is 1.50 bits per heavy atom. The maximum Gasteiger partial charge on any atom is 0.0685 e. The molecule has 0 spiro atoms. The van der Waals surface area contributed by atoms with Crippen LogP contribution in [0.5, 0.6) is 0 Å². The largest absolute Gasteiger partial charge is 0.392 e. The maximum atomic E-state index is 8.87. The van der Waals surface area contributed by atoms with Crippen LogP contribution in [0.1, 0.15) is 46.5 Å². The summed E-state index contributed by atoms with van der Waals surface area (Å²) >= 11 is 0. The van der Waals surface area contributed by atoms with Gasteiger partial charge in [0.2, 0.25) is 0 Å². The van der Waals surface area contributed by atoms with E-state index in [1.807, 2.05) is 6.92 Å². The SMILES string of the molecule is CCCCC(C)(C/C=C(\C)CO)OC. The zero-order valence-corrected chi connectivity index (χ0v) is 9.97. The minimum absolute atomic E-state index is 0.0631. The smallest absolute Gasteiger partial charge is 0.0685 e. The van der Waals surface area contributed by atoms with Crippen molar-refractivity contribution in [2.45, 2.75) is 52.1 Å². The van der Waals surface area contributed by atoms with Crippen molar-refractivity contribution in [3.05, 3.63) is 11.6 Å². The molecule has 0 aliphatic rings. The fourth-order valence-corrected chi connectivity index (χ4v) is 1.29. The van der Waals surface area contributed by atoms with Gasteiger partial charge in [0.1, 0.15) is 0 Å². The molecule has 0 radical (unpaired) electrons. The van der Waals surface area contributed by atoms with Crippen LogP contribution in [0.25, 0.3) is 0 Å². The lowest BCUT2D eigenvalue weighted by Crippen LogP contribution is -2.26. The first-order valence-corrected chi connectivity index (χ1v) is 5.39. The predicted octanol–water partition coefficient (Wildman–Crippen LogP) is 2.91. The number of ether oxygens (including phenoxy) is 1. The quantitative estimate of drug-likeness (QED) is 0.640. The number of rotatable bonds is 7. The predicted molar refractivity (Wildman–Crippen MR) is 60.4 cm³/mol. The van der Waals surface area contributed by atoms with Crippen LogP contribution in [0.15, 0.2) is 11.6 Å². The van der Waals surface area contributed by atoms with E-state index in [1.54, 1.807) is 7.11 Å². The van der Waals surface area contributed by atoms with Gasteiger partial charge < -0.3 is 9.84 Å².